The summed E-state index contributed by atoms with van der Waals surface area (Å²) in [7, 11) is 1.55. The van der Waals surface area contributed by atoms with Crippen LogP contribution >= 0.6 is 0 Å². The second-order valence-electron chi connectivity index (χ2n) is 5.65. The molecule has 0 aliphatic heterocycles. The Bertz CT molecular complexity index is 227. The summed E-state index contributed by atoms with van der Waals surface area (Å²) < 4.78 is 10.6. The fraction of sp³-hybridized carbons (Fsp3) is 1.00. The predicted octanol–water partition coefficient (Wildman–Crippen LogP) is 0.540. The summed E-state index contributed by atoms with van der Waals surface area (Å²) in [5.74, 6) is 0.734. The van der Waals surface area contributed by atoms with E-state index >= 15 is 0 Å². The molecule has 0 spiro atoms. The van der Waals surface area contributed by atoms with Crippen LogP contribution < -0.4 is 5.32 Å². The minimum Gasteiger partial charge on any atom is -0.389 e. The normalized spacial score (nSPS) is 27.2. The van der Waals surface area contributed by atoms with Crippen LogP contribution in [0.25, 0.3) is 0 Å². The summed E-state index contributed by atoms with van der Waals surface area (Å²) in [5.41, 5.74) is 0. The van der Waals surface area contributed by atoms with E-state index in [4.69, 9.17) is 9.47 Å². The van der Waals surface area contributed by atoms with Gasteiger partial charge in [-0.1, -0.05) is 19.8 Å². The third-order valence-electron chi connectivity index (χ3n) is 3.53. The zero-order valence-corrected chi connectivity index (χ0v) is 12.2. The van der Waals surface area contributed by atoms with Gasteiger partial charge in [-0.3, -0.25) is 0 Å². The summed E-state index contributed by atoms with van der Waals surface area (Å²) in [4.78, 5) is 0. The third-order valence-corrected chi connectivity index (χ3v) is 3.53. The molecule has 0 aromatic rings. The van der Waals surface area contributed by atoms with Crippen LogP contribution in [0.15, 0.2) is 0 Å². The van der Waals surface area contributed by atoms with Crippen molar-refractivity contribution >= 4 is 0 Å². The summed E-state index contributed by atoms with van der Waals surface area (Å²) in [6.45, 7) is 3.78. The molecule has 19 heavy (non-hydrogen) atoms. The molecule has 5 nitrogen and oxygen atoms in total. The van der Waals surface area contributed by atoms with Crippen LogP contribution in [0.4, 0.5) is 0 Å². The van der Waals surface area contributed by atoms with E-state index in [2.05, 4.69) is 12.2 Å². The molecule has 0 aromatic carbocycles. The molecule has 0 saturated heterocycles. The first-order chi connectivity index (χ1) is 9.11. The number of methoxy groups -OCH3 is 1. The number of aliphatic hydroxyl groups is 2. The maximum Gasteiger partial charge on any atom is 0.0897 e. The van der Waals surface area contributed by atoms with Gasteiger partial charge in [-0.25, -0.2) is 0 Å². The molecule has 1 aliphatic rings. The first-order valence-corrected chi connectivity index (χ1v) is 7.29. The van der Waals surface area contributed by atoms with Gasteiger partial charge in [-0.05, 0) is 18.8 Å². The topological polar surface area (TPSA) is 71.0 Å². The molecule has 5 heteroatoms. The Morgan fingerprint density at radius 2 is 1.84 bits per heavy atom. The number of aliphatic hydroxyl groups excluding tert-OH is 2. The lowest BCUT2D eigenvalue weighted by Gasteiger charge is -2.27. The van der Waals surface area contributed by atoms with E-state index in [1.165, 1.54) is 12.8 Å². The van der Waals surface area contributed by atoms with Crippen LogP contribution in [-0.4, -0.2) is 61.9 Å². The Hall–Kier alpha value is -0.200. The second kappa shape index (κ2) is 9.66. The fourth-order valence-electron chi connectivity index (χ4n) is 2.50. The predicted molar refractivity (Wildman–Crippen MR) is 74.1 cm³/mol. The van der Waals surface area contributed by atoms with Gasteiger partial charge in [0.2, 0.25) is 0 Å². The molecule has 3 N–H and O–H groups in total. The highest BCUT2D eigenvalue weighted by molar-refractivity contribution is 4.71. The second-order valence-corrected chi connectivity index (χ2v) is 5.65. The zero-order valence-electron chi connectivity index (χ0n) is 12.2. The molecule has 0 amide bonds. The maximum atomic E-state index is 9.79. The van der Waals surface area contributed by atoms with Crippen molar-refractivity contribution in [2.75, 3.05) is 33.4 Å². The van der Waals surface area contributed by atoms with Crippen molar-refractivity contribution in [3.05, 3.63) is 0 Å². The van der Waals surface area contributed by atoms with E-state index in [1.54, 1.807) is 7.11 Å². The zero-order chi connectivity index (χ0) is 14.1. The largest absolute Gasteiger partial charge is 0.389 e. The Morgan fingerprint density at radius 3 is 2.47 bits per heavy atom. The van der Waals surface area contributed by atoms with Crippen molar-refractivity contribution < 1.29 is 19.7 Å². The lowest BCUT2D eigenvalue weighted by molar-refractivity contribution is -0.0315. The molecule has 1 saturated carbocycles. The van der Waals surface area contributed by atoms with Gasteiger partial charge in [-0.2, -0.15) is 0 Å². The summed E-state index contributed by atoms with van der Waals surface area (Å²) >= 11 is 0. The Morgan fingerprint density at radius 1 is 1.16 bits per heavy atom. The highest BCUT2D eigenvalue weighted by atomic mass is 16.5. The Balaban J connectivity index is 2.02. The number of ether oxygens (including phenoxy) is 2. The van der Waals surface area contributed by atoms with E-state index < -0.39 is 12.2 Å². The molecule has 1 rings (SSSR count). The number of nitrogens with one attached hydrogen (secondary N) is 1. The van der Waals surface area contributed by atoms with Gasteiger partial charge in [0.1, 0.15) is 0 Å². The highest BCUT2D eigenvalue weighted by Crippen LogP contribution is 2.25. The van der Waals surface area contributed by atoms with E-state index in [0.29, 0.717) is 32.4 Å². The SMILES string of the molecule is COCC(O)CNCC(O)COC1CCCC(C)C1. The first kappa shape index (κ1) is 16.9. The van der Waals surface area contributed by atoms with Crippen LogP contribution in [0.1, 0.15) is 32.6 Å². The molecule has 1 aliphatic carbocycles. The average molecular weight is 275 g/mol. The fourth-order valence-corrected chi connectivity index (χ4v) is 2.50. The third kappa shape index (κ3) is 7.84. The van der Waals surface area contributed by atoms with Crippen molar-refractivity contribution in [3.63, 3.8) is 0 Å². The Labute approximate surface area is 116 Å². The quantitative estimate of drug-likeness (QED) is 0.573. The molecule has 4 atom stereocenters. The van der Waals surface area contributed by atoms with Crippen LogP contribution in [0.3, 0.4) is 0 Å². The van der Waals surface area contributed by atoms with Crippen molar-refractivity contribution in [3.8, 4) is 0 Å². The molecule has 1 fully saturated rings. The van der Waals surface area contributed by atoms with Crippen LogP contribution in [0, 0.1) is 5.92 Å². The lowest BCUT2D eigenvalue weighted by atomic mass is 9.89. The highest BCUT2D eigenvalue weighted by Gasteiger charge is 2.20. The smallest absolute Gasteiger partial charge is 0.0897 e. The van der Waals surface area contributed by atoms with Gasteiger partial charge < -0.3 is 25.0 Å². The van der Waals surface area contributed by atoms with Gasteiger partial charge >= 0.3 is 0 Å². The monoisotopic (exact) mass is 275 g/mol. The van der Waals surface area contributed by atoms with Crippen molar-refractivity contribution in [2.45, 2.75) is 50.9 Å². The molecule has 0 bridgehead atoms. The minimum atomic E-state index is -0.530. The van der Waals surface area contributed by atoms with Gasteiger partial charge in [0, 0.05) is 20.2 Å². The number of hydrogen-bond acceptors (Lipinski definition) is 5. The molecule has 4 unspecified atom stereocenters. The van der Waals surface area contributed by atoms with Gasteiger partial charge in [-0.15, -0.1) is 0 Å². The van der Waals surface area contributed by atoms with Gasteiger partial charge in [0.05, 0.1) is 31.5 Å². The standard InChI is InChI=1S/C14H29NO4/c1-11-4-3-5-14(6-11)19-10-13(17)8-15-7-12(16)9-18-2/h11-17H,3-10H2,1-2H3. The Kier molecular flexibility index (Phi) is 8.57. The van der Waals surface area contributed by atoms with E-state index in [-0.39, 0.29) is 0 Å². The van der Waals surface area contributed by atoms with Crippen molar-refractivity contribution in [2.24, 2.45) is 5.92 Å². The van der Waals surface area contributed by atoms with Crippen LogP contribution in [-0.2, 0) is 9.47 Å². The molecule has 114 valence electrons. The van der Waals surface area contributed by atoms with Gasteiger partial charge in [0.25, 0.3) is 0 Å². The number of rotatable bonds is 9. The molecular weight excluding hydrogens is 246 g/mol. The molecular formula is C14H29NO4. The van der Waals surface area contributed by atoms with E-state index in [0.717, 1.165) is 18.8 Å². The lowest BCUT2D eigenvalue weighted by Crippen LogP contribution is -2.37. The summed E-state index contributed by atoms with van der Waals surface area (Å²) in [5, 5.41) is 22.2. The molecule has 0 heterocycles. The first-order valence-electron chi connectivity index (χ1n) is 7.29. The van der Waals surface area contributed by atoms with E-state index in [1.807, 2.05) is 0 Å². The number of hydrogen-bond donors (Lipinski definition) is 3. The van der Waals surface area contributed by atoms with E-state index in [9.17, 15) is 10.2 Å². The van der Waals surface area contributed by atoms with Gasteiger partial charge in [0.15, 0.2) is 0 Å². The minimum absolute atomic E-state index is 0.303. The van der Waals surface area contributed by atoms with Crippen LogP contribution in [0.5, 0.6) is 0 Å². The average Bonchev–Trinajstić information content (AvgIpc) is 2.37. The maximum absolute atomic E-state index is 9.79. The molecule has 0 aromatic heterocycles. The summed E-state index contributed by atoms with van der Waals surface area (Å²) in [6.07, 6.45) is 3.98. The summed E-state index contributed by atoms with van der Waals surface area (Å²) in [6, 6.07) is 0. The molecule has 0 radical (unpaired) electrons. The van der Waals surface area contributed by atoms with Crippen molar-refractivity contribution in [1.29, 1.82) is 0 Å². The van der Waals surface area contributed by atoms with Crippen LogP contribution in [0.2, 0.25) is 0 Å². The van der Waals surface area contributed by atoms with Crippen molar-refractivity contribution in [1.82, 2.24) is 5.32 Å².